The topological polar surface area (TPSA) is 21.1 Å². The number of imidazole rings is 1. The van der Waals surface area contributed by atoms with Gasteiger partial charge >= 0.3 is 0 Å². The predicted molar refractivity (Wildman–Crippen MR) is 64.4 cm³/mol. The molecule has 0 radical (unpaired) electrons. The maximum atomic E-state index is 5.77. The van der Waals surface area contributed by atoms with Crippen LogP contribution >= 0.6 is 11.6 Å². The SMILES string of the molecule is Cc1nccn1CCN(CCCl)C(C)C. The lowest BCUT2D eigenvalue weighted by atomic mass is 10.3. The summed E-state index contributed by atoms with van der Waals surface area (Å²) in [4.78, 5) is 6.59. The summed E-state index contributed by atoms with van der Waals surface area (Å²) in [5.41, 5.74) is 0. The van der Waals surface area contributed by atoms with E-state index in [1.54, 1.807) is 0 Å². The van der Waals surface area contributed by atoms with Gasteiger partial charge in [-0.2, -0.15) is 0 Å². The van der Waals surface area contributed by atoms with Crippen molar-refractivity contribution >= 4 is 11.6 Å². The number of rotatable bonds is 6. The fourth-order valence-electron chi connectivity index (χ4n) is 1.61. The van der Waals surface area contributed by atoms with Gasteiger partial charge in [-0.05, 0) is 20.8 Å². The molecule has 0 bridgehead atoms. The first-order valence-electron chi connectivity index (χ1n) is 5.43. The molecule has 1 aromatic heterocycles. The molecule has 3 nitrogen and oxygen atoms in total. The van der Waals surface area contributed by atoms with E-state index in [2.05, 4.69) is 28.3 Å². The molecule has 0 aliphatic heterocycles. The maximum absolute atomic E-state index is 5.77. The van der Waals surface area contributed by atoms with Crippen molar-refractivity contribution in [3.05, 3.63) is 18.2 Å². The van der Waals surface area contributed by atoms with Crippen LogP contribution in [0.2, 0.25) is 0 Å². The van der Waals surface area contributed by atoms with Crippen molar-refractivity contribution < 1.29 is 0 Å². The van der Waals surface area contributed by atoms with Crippen molar-refractivity contribution in [1.82, 2.24) is 14.5 Å². The first-order valence-corrected chi connectivity index (χ1v) is 5.96. The standard InChI is InChI=1S/C11H20ClN3/c1-10(2)14(6-4-12)8-9-15-7-5-13-11(15)3/h5,7,10H,4,6,8-9H2,1-3H3. The molecular weight excluding hydrogens is 210 g/mol. The number of alkyl halides is 1. The van der Waals surface area contributed by atoms with Crippen molar-refractivity contribution in [2.75, 3.05) is 19.0 Å². The van der Waals surface area contributed by atoms with E-state index in [4.69, 9.17) is 11.6 Å². The summed E-state index contributed by atoms with van der Waals surface area (Å²) in [6.45, 7) is 9.40. The van der Waals surface area contributed by atoms with Crippen LogP contribution in [0.25, 0.3) is 0 Å². The number of hydrogen-bond acceptors (Lipinski definition) is 2. The average Bonchev–Trinajstić information content (AvgIpc) is 2.58. The second kappa shape index (κ2) is 6.13. The molecule has 1 aromatic rings. The summed E-state index contributed by atoms with van der Waals surface area (Å²) in [6.07, 6.45) is 3.87. The molecule has 1 rings (SSSR count). The molecule has 0 saturated carbocycles. The molecule has 0 amide bonds. The normalized spacial score (nSPS) is 11.6. The zero-order valence-electron chi connectivity index (χ0n) is 9.78. The highest BCUT2D eigenvalue weighted by molar-refractivity contribution is 6.18. The van der Waals surface area contributed by atoms with Crippen LogP contribution in [0.5, 0.6) is 0 Å². The Labute approximate surface area is 97.1 Å². The van der Waals surface area contributed by atoms with Crippen LogP contribution in [0.1, 0.15) is 19.7 Å². The molecule has 4 heteroatoms. The number of hydrogen-bond donors (Lipinski definition) is 0. The van der Waals surface area contributed by atoms with Crippen LogP contribution in [0.3, 0.4) is 0 Å². The summed E-state index contributed by atoms with van der Waals surface area (Å²) in [7, 11) is 0. The van der Waals surface area contributed by atoms with Crippen LogP contribution in [0, 0.1) is 6.92 Å². The van der Waals surface area contributed by atoms with Gasteiger partial charge in [-0.1, -0.05) is 0 Å². The van der Waals surface area contributed by atoms with E-state index < -0.39 is 0 Å². The second-order valence-corrected chi connectivity index (χ2v) is 4.36. The highest BCUT2D eigenvalue weighted by atomic mass is 35.5. The average molecular weight is 230 g/mol. The molecule has 86 valence electrons. The second-order valence-electron chi connectivity index (χ2n) is 3.99. The zero-order chi connectivity index (χ0) is 11.3. The monoisotopic (exact) mass is 229 g/mol. The van der Waals surface area contributed by atoms with E-state index in [-0.39, 0.29) is 0 Å². The fourth-order valence-corrected chi connectivity index (χ4v) is 1.83. The lowest BCUT2D eigenvalue weighted by Gasteiger charge is -2.25. The Morgan fingerprint density at radius 2 is 2.20 bits per heavy atom. The van der Waals surface area contributed by atoms with Crippen LogP contribution in [-0.2, 0) is 6.54 Å². The van der Waals surface area contributed by atoms with E-state index in [0.29, 0.717) is 11.9 Å². The molecule has 15 heavy (non-hydrogen) atoms. The molecule has 0 atom stereocenters. The summed E-state index contributed by atoms with van der Waals surface area (Å²) >= 11 is 5.77. The van der Waals surface area contributed by atoms with Crippen LogP contribution in [0.15, 0.2) is 12.4 Å². The highest BCUT2D eigenvalue weighted by Crippen LogP contribution is 2.01. The Hall–Kier alpha value is -0.540. The molecule has 0 saturated heterocycles. The van der Waals surface area contributed by atoms with Crippen molar-refractivity contribution in [3.8, 4) is 0 Å². The van der Waals surface area contributed by atoms with E-state index in [9.17, 15) is 0 Å². The van der Waals surface area contributed by atoms with Gasteiger partial charge in [-0.25, -0.2) is 4.98 Å². The maximum Gasteiger partial charge on any atom is 0.105 e. The third kappa shape index (κ3) is 3.84. The summed E-state index contributed by atoms with van der Waals surface area (Å²) < 4.78 is 2.17. The van der Waals surface area contributed by atoms with Crippen molar-refractivity contribution in [3.63, 3.8) is 0 Å². The lowest BCUT2D eigenvalue weighted by molar-refractivity contribution is 0.225. The van der Waals surface area contributed by atoms with Gasteiger partial charge in [-0.3, -0.25) is 4.90 Å². The molecular formula is C11H20ClN3. The van der Waals surface area contributed by atoms with Crippen molar-refractivity contribution in [2.45, 2.75) is 33.4 Å². The van der Waals surface area contributed by atoms with Gasteiger partial charge < -0.3 is 4.57 Å². The molecule has 0 aliphatic carbocycles. The third-order valence-electron chi connectivity index (χ3n) is 2.65. The van der Waals surface area contributed by atoms with E-state index in [0.717, 1.165) is 25.5 Å². The van der Waals surface area contributed by atoms with Gasteiger partial charge in [0.2, 0.25) is 0 Å². The Kier molecular flexibility index (Phi) is 5.12. The van der Waals surface area contributed by atoms with Gasteiger partial charge in [0.25, 0.3) is 0 Å². The molecule has 0 unspecified atom stereocenters. The van der Waals surface area contributed by atoms with Crippen molar-refractivity contribution in [2.24, 2.45) is 0 Å². The van der Waals surface area contributed by atoms with Crippen LogP contribution in [-0.4, -0.2) is 39.5 Å². The minimum atomic E-state index is 0.549. The van der Waals surface area contributed by atoms with Crippen LogP contribution < -0.4 is 0 Å². The van der Waals surface area contributed by atoms with E-state index in [1.807, 2.05) is 19.3 Å². The smallest absolute Gasteiger partial charge is 0.105 e. The summed E-state index contributed by atoms with van der Waals surface area (Å²) in [6, 6.07) is 0.549. The van der Waals surface area contributed by atoms with E-state index >= 15 is 0 Å². The zero-order valence-corrected chi connectivity index (χ0v) is 10.5. The molecule has 0 spiro atoms. The van der Waals surface area contributed by atoms with Gasteiger partial charge in [0.05, 0.1) is 0 Å². The summed E-state index contributed by atoms with van der Waals surface area (Å²) in [5, 5.41) is 0. The molecule has 0 aromatic carbocycles. The Bertz CT molecular complexity index is 283. The Morgan fingerprint density at radius 1 is 1.47 bits per heavy atom. The Morgan fingerprint density at radius 3 is 2.67 bits per heavy atom. The van der Waals surface area contributed by atoms with Gasteiger partial charge in [0.1, 0.15) is 5.82 Å². The quantitative estimate of drug-likeness (QED) is 0.697. The minimum absolute atomic E-state index is 0.549. The lowest BCUT2D eigenvalue weighted by Crippen LogP contribution is -2.35. The van der Waals surface area contributed by atoms with Gasteiger partial charge in [0, 0.05) is 43.9 Å². The predicted octanol–water partition coefficient (Wildman–Crippen LogP) is 2.14. The highest BCUT2D eigenvalue weighted by Gasteiger charge is 2.08. The van der Waals surface area contributed by atoms with Gasteiger partial charge in [-0.15, -0.1) is 11.6 Å². The fraction of sp³-hybridized carbons (Fsp3) is 0.727. The van der Waals surface area contributed by atoms with Crippen LogP contribution in [0.4, 0.5) is 0 Å². The third-order valence-corrected chi connectivity index (χ3v) is 2.82. The number of aryl methyl sites for hydroxylation is 1. The van der Waals surface area contributed by atoms with Gasteiger partial charge in [0.15, 0.2) is 0 Å². The number of aromatic nitrogens is 2. The molecule has 1 heterocycles. The first-order chi connectivity index (χ1) is 7.15. The Balaban J connectivity index is 2.43. The molecule has 0 aliphatic rings. The molecule has 0 fully saturated rings. The number of halogens is 1. The first kappa shape index (κ1) is 12.5. The summed E-state index contributed by atoms with van der Waals surface area (Å²) in [5.74, 6) is 1.77. The number of nitrogens with zero attached hydrogens (tertiary/aromatic N) is 3. The molecule has 0 N–H and O–H groups in total. The van der Waals surface area contributed by atoms with E-state index in [1.165, 1.54) is 0 Å². The van der Waals surface area contributed by atoms with Crippen molar-refractivity contribution in [1.29, 1.82) is 0 Å². The largest absolute Gasteiger partial charge is 0.334 e. The minimum Gasteiger partial charge on any atom is -0.334 e.